The number of aromatic nitrogens is 1. The summed E-state index contributed by atoms with van der Waals surface area (Å²) in [4.78, 5) is 27.4. The molecule has 1 saturated heterocycles. The first-order valence-electron chi connectivity index (χ1n) is 10.4. The maximum Gasteiger partial charge on any atom is 0.301 e. The van der Waals surface area contributed by atoms with E-state index in [-0.39, 0.29) is 17.2 Å². The van der Waals surface area contributed by atoms with Crippen LogP contribution in [0, 0.1) is 13.8 Å². The molecule has 1 aliphatic heterocycles. The number of hydrogen-bond acceptors (Lipinski definition) is 6. The topological polar surface area (TPSA) is 92.9 Å². The van der Waals surface area contributed by atoms with Gasteiger partial charge in [0, 0.05) is 11.6 Å². The van der Waals surface area contributed by atoms with E-state index in [9.17, 15) is 14.7 Å². The average Bonchev–Trinajstić information content (AvgIpc) is 3.33. The molecule has 0 aliphatic carbocycles. The molecule has 7 nitrogen and oxygen atoms in total. The zero-order valence-electron chi connectivity index (χ0n) is 18.2. The number of carbonyl (C=O) groups excluding carboxylic acids is 2. The molecule has 2 heterocycles. The number of anilines is 1. The van der Waals surface area contributed by atoms with Crippen molar-refractivity contribution in [3.63, 3.8) is 0 Å². The van der Waals surface area contributed by atoms with Crippen molar-refractivity contribution < 1.29 is 24.0 Å². The number of hydrogen-bond donors (Lipinski definition) is 1. The van der Waals surface area contributed by atoms with Crippen molar-refractivity contribution in [3.8, 4) is 5.75 Å². The fourth-order valence-corrected chi connectivity index (χ4v) is 3.68. The maximum absolute atomic E-state index is 13.1. The maximum atomic E-state index is 13.1. The Labute approximate surface area is 185 Å². The van der Waals surface area contributed by atoms with Gasteiger partial charge in [-0.2, -0.15) is 0 Å². The highest BCUT2D eigenvalue weighted by atomic mass is 16.5. The van der Waals surface area contributed by atoms with Crippen LogP contribution in [0.25, 0.3) is 5.76 Å². The predicted octanol–water partition coefficient (Wildman–Crippen LogP) is 4.71. The van der Waals surface area contributed by atoms with E-state index in [2.05, 4.69) is 5.16 Å². The first-order chi connectivity index (χ1) is 15.4. The van der Waals surface area contributed by atoms with Crippen LogP contribution < -0.4 is 9.64 Å². The lowest BCUT2D eigenvalue weighted by Crippen LogP contribution is -2.29. The molecule has 3 aromatic rings. The van der Waals surface area contributed by atoms with Crippen LogP contribution in [0.1, 0.15) is 41.8 Å². The fourth-order valence-electron chi connectivity index (χ4n) is 3.68. The number of ketones is 1. The molecule has 164 valence electrons. The number of amides is 1. The first-order valence-corrected chi connectivity index (χ1v) is 10.4. The first kappa shape index (κ1) is 21.4. The highest BCUT2D eigenvalue weighted by molar-refractivity contribution is 6.51. The van der Waals surface area contributed by atoms with Crippen LogP contribution in [0.3, 0.4) is 0 Å². The third kappa shape index (κ3) is 3.89. The summed E-state index contributed by atoms with van der Waals surface area (Å²) in [6, 6.07) is 15.0. The van der Waals surface area contributed by atoms with E-state index in [4.69, 9.17) is 9.26 Å². The number of ether oxygens (including phenoxy) is 1. The van der Waals surface area contributed by atoms with Gasteiger partial charge >= 0.3 is 5.91 Å². The summed E-state index contributed by atoms with van der Waals surface area (Å²) in [6.07, 6.45) is 0.878. The molecule has 1 N–H and O–H groups in total. The van der Waals surface area contributed by atoms with Crippen LogP contribution in [0.5, 0.6) is 5.75 Å². The van der Waals surface area contributed by atoms with E-state index in [1.54, 1.807) is 37.3 Å². The third-order valence-corrected chi connectivity index (χ3v) is 5.30. The van der Waals surface area contributed by atoms with Crippen molar-refractivity contribution in [1.29, 1.82) is 0 Å². The molecule has 1 amide bonds. The second-order valence-corrected chi connectivity index (χ2v) is 7.75. The van der Waals surface area contributed by atoms with Crippen LogP contribution in [0.2, 0.25) is 0 Å². The normalized spacial score (nSPS) is 17.7. The van der Waals surface area contributed by atoms with Gasteiger partial charge in [0.15, 0.2) is 5.82 Å². The summed E-state index contributed by atoms with van der Waals surface area (Å²) in [5, 5.41) is 15.1. The van der Waals surface area contributed by atoms with Crippen LogP contribution in [0.4, 0.5) is 5.82 Å². The molecule has 1 fully saturated rings. The number of rotatable bonds is 6. The van der Waals surface area contributed by atoms with Gasteiger partial charge in [-0.25, -0.2) is 0 Å². The van der Waals surface area contributed by atoms with Crippen molar-refractivity contribution >= 4 is 23.3 Å². The zero-order valence-corrected chi connectivity index (χ0v) is 18.2. The van der Waals surface area contributed by atoms with Crippen molar-refractivity contribution in [3.05, 3.63) is 82.6 Å². The van der Waals surface area contributed by atoms with Gasteiger partial charge in [-0.1, -0.05) is 41.9 Å². The molecular formula is C25H24N2O5. The van der Waals surface area contributed by atoms with Crippen molar-refractivity contribution in [2.24, 2.45) is 0 Å². The largest absolute Gasteiger partial charge is 0.507 e. The van der Waals surface area contributed by atoms with Gasteiger partial charge in [0.25, 0.3) is 5.78 Å². The molecule has 1 aliphatic rings. The molecule has 0 bridgehead atoms. The van der Waals surface area contributed by atoms with E-state index < -0.39 is 17.7 Å². The van der Waals surface area contributed by atoms with E-state index >= 15 is 0 Å². The van der Waals surface area contributed by atoms with Gasteiger partial charge in [0.2, 0.25) is 0 Å². The number of benzene rings is 2. The smallest absolute Gasteiger partial charge is 0.301 e. The lowest BCUT2D eigenvalue weighted by molar-refractivity contribution is -0.132. The van der Waals surface area contributed by atoms with Crippen molar-refractivity contribution in [1.82, 2.24) is 5.16 Å². The van der Waals surface area contributed by atoms with E-state index in [0.29, 0.717) is 29.2 Å². The summed E-state index contributed by atoms with van der Waals surface area (Å²) >= 11 is 0. The van der Waals surface area contributed by atoms with E-state index in [0.717, 1.165) is 12.0 Å². The van der Waals surface area contributed by atoms with Crippen LogP contribution in [-0.4, -0.2) is 28.6 Å². The summed E-state index contributed by atoms with van der Waals surface area (Å²) in [5.41, 5.74) is 2.13. The van der Waals surface area contributed by atoms with Crippen LogP contribution in [0.15, 0.2) is 64.7 Å². The van der Waals surface area contributed by atoms with Gasteiger partial charge in [0.1, 0.15) is 17.3 Å². The molecule has 0 spiro atoms. The SMILES string of the molecule is CCCOc1ccc(C(O)=C2C(=O)C(=O)N(c3cc(C)on3)[C@H]2c2ccc(C)cc2)cc1. The van der Waals surface area contributed by atoms with Gasteiger partial charge in [-0.05, 0) is 50.1 Å². The number of aryl methyl sites for hydroxylation is 2. The molecule has 0 radical (unpaired) electrons. The molecular weight excluding hydrogens is 408 g/mol. The quantitative estimate of drug-likeness (QED) is 0.345. The summed E-state index contributed by atoms with van der Waals surface area (Å²) in [7, 11) is 0. The van der Waals surface area contributed by atoms with Gasteiger partial charge in [0.05, 0.1) is 18.2 Å². The molecule has 1 aromatic heterocycles. The number of aliphatic hydroxyl groups excluding tert-OH is 1. The Morgan fingerprint density at radius 1 is 1.09 bits per heavy atom. The number of carbonyl (C=O) groups is 2. The monoisotopic (exact) mass is 432 g/mol. The second-order valence-electron chi connectivity index (χ2n) is 7.75. The Hall–Kier alpha value is -3.87. The molecule has 7 heteroatoms. The average molecular weight is 432 g/mol. The van der Waals surface area contributed by atoms with E-state index in [1.807, 2.05) is 38.1 Å². The molecule has 0 unspecified atom stereocenters. The molecule has 1 atom stereocenters. The highest BCUT2D eigenvalue weighted by Gasteiger charge is 2.48. The molecule has 0 saturated carbocycles. The minimum atomic E-state index is -0.837. The van der Waals surface area contributed by atoms with Crippen LogP contribution in [-0.2, 0) is 9.59 Å². The number of nitrogens with zero attached hydrogens (tertiary/aromatic N) is 2. The van der Waals surface area contributed by atoms with Crippen LogP contribution >= 0.6 is 0 Å². The lowest BCUT2D eigenvalue weighted by Gasteiger charge is -2.23. The van der Waals surface area contributed by atoms with Crippen molar-refractivity contribution in [2.75, 3.05) is 11.5 Å². The Morgan fingerprint density at radius 3 is 2.38 bits per heavy atom. The Kier molecular flexibility index (Phi) is 5.81. The van der Waals surface area contributed by atoms with Gasteiger partial charge in [-0.3, -0.25) is 14.5 Å². The molecule has 32 heavy (non-hydrogen) atoms. The Bertz CT molecular complexity index is 1180. The highest BCUT2D eigenvalue weighted by Crippen LogP contribution is 2.42. The van der Waals surface area contributed by atoms with Gasteiger partial charge in [-0.15, -0.1) is 0 Å². The number of aliphatic hydroxyl groups is 1. The molecule has 2 aromatic carbocycles. The second kappa shape index (κ2) is 8.70. The predicted molar refractivity (Wildman–Crippen MR) is 119 cm³/mol. The minimum absolute atomic E-state index is 0.00160. The lowest BCUT2D eigenvalue weighted by atomic mass is 9.94. The van der Waals surface area contributed by atoms with Crippen molar-refractivity contribution in [2.45, 2.75) is 33.2 Å². The van der Waals surface area contributed by atoms with E-state index in [1.165, 1.54) is 4.90 Å². The molecule has 4 rings (SSSR count). The fraction of sp³-hybridized carbons (Fsp3) is 0.240. The minimum Gasteiger partial charge on any atom is -0.507 e. The Balaban J connectivity index is 1.83. The number of Topliss-reactive ketones (excluding diaryl/α,β-unsaturated/α-hetero) is 1. The third-order valence-electron chi connectivity index (χ3n) is 5.30. The summed E-state index contributed by atoms with van der Waals surface area (Å²) in [5.74, 6) is -0.409. The summed E-state index contributed by atoms with van der Waals surface area (Å²) < 4.78 is 10.7. The summed E-state index contributed by atoms with van der Waals surface area (Å²) in [6.45, 7) is 6.25. The Morgan fingerprint density at radius 2 is 1.78 bits per heavy atom. The zero-order chi connectivity index (χ0) is 22.8. The van der Waals surface area contributed by atoms with Gasteiger partial charge < -0.3 is 14.4 Å². The standard InChI is InChI=1S/C25H24N2O5/c1-4-13-31-19-11-9-18(10-12-19)23(28)21-22(17-7-5-15(2)6-8-17)27(25(30)24(21)29)20-14-16(3)32-26-20/h5-12,14,22,28H,4,13H2,1-3H3/t22-/m0/s1.